The molecule has 28 heavy (non-hydrogen) atoms. The Morgan fingerprint density at radius 1 is 1.11 bits per heavy atom. The highest BCUT2D eigenvalue weighted by Gasteiger charge is 2.25. The fraction of sp³-hybridized carbons (Fsp3) is 0.238. The van der Waals surface area contributed by atoms with Crippen molar-refractivity contribution in [2.75, 3.05) is 7.11 Å². The molecule has 0 aliphatic heterocycles. The van der Waals surface area contributed by atoms with Gasteiger partial charge in [0.2, 0.25) is 0 Å². The van der Waals surface area contributed by atoms with Crippen LogP contribution in [0.25, 0.3) is 16.6 Å². The summed E-state index contributed by atoms with van der Waals surface area (Å²) in [6, 6.07) is 12.9. The second kappa shape index (κ2) is 8.04. The molecule has 0 aliphatic rings. The van der Waals surface area contributed by atoms with Crippen molar-refractivity contribution in [2.24, 2.45) is 5.92 Å². The summed E-state index contributed by atoms with van der Waals surface area (Å²) in [7, 11) is 1.28. The fourth-order valence-corrected chi connectivity index (χ4v) is 2.90. The SMILES string of the molecule is COC(=O)[C@H](NC(=O)c1cccc(-n2cnc3ccccc3c2=O)c1)C(C)C. The normalized spacial score (nSPS) is 12.0. The Hall–Kier alpha value is -3.48. The van der Waals surface area contributed by atoms with Crippen LogP contribution in [0, 0.1) is 5.92 Å². The van der Waals surface area contributed by atoms with Gasteiger partial charge in [0.05, 0.1) is 23.7 Å². The number of hydrogen-bond acceptors (Lipinski definition) is 5. The average Bonchev–Trinajstić information content (AvgIpc) is 2.71. The van der Waals surface area contributed by atoms with Gasteiger partial charge in [0.25, 0.3) is 11.5 Å². The van der Waals surface area contributed by atoms with E-state index in [1.165, 1.54) is 18.0 Å². The number of nitrogens with one attached hydrogen (secondary N) is 1. The number of carbonyl (C=O) groups excluding carboxylic acids is 2. The molecule has 7 heteroatoms. The highest BCUT2D eigenvalue weighted by Crippen LogP contribution is 2.13. The monoisotopic (exact) mass is 379 g/mol. The first-order chi connectivity index (χ1) is 13.4. The first-order valence-corrected chi connectivity index (χ1v) is 8.88. The zero-order chi connectivity index (χ0) is 20.3. The number of hydrogen-bond donors (Lipinski definition) is 1. The lowest BCUT2D eigenvalue weighted by Crippen LogP contribution is -2.45. The molecule has 2 aromatic carbocycles. The Labute approximate surface area is 162 Å². The molecule has 0 radical (unpaired) electrons. The number of carbonyl (C=O) groups is 2. The van der Waals surface area contributed by atoms with E-state index in [2.05, 4.69) is 10.3 Å². The Morgan fingerprint density at radius 2 is 1.86 bits per heavy atom. The van der Waals surface area contributed by atoms with Gasteiger partial charge in [-0.3, -0.25) is 14.2 Å². The molecule has 3 aromatic rings. The minimum atomic E-state index is -0.758. The number of aromatic nitrogens is 2. The number of benzene rings is 2. The van der Waals surface area contributed by atoms with Crippen molar-refractivity contribution in [3.63, 3.8) is 0 Å². The maximum Gasteiger partial charge on any atom is 0.328 e. The molecule has 0 unspecified atom stereocenters. The van der Waals surface area contributed by atoms with Crippen molar-refractivity contribution in [2.45, 2.75) is 19.9 Å². The summed E-state index contributed by atoms with van der Waals surface area (Å²) in [5.74, 6) is -1.06. The summed E-state index contributed by atoms with van der Waals surface area (Å²) in [4.78, 5) is 41.6. The molecular formula is C21H21N3O4. The zero-order valence-electron chi connectivity index (χ0n) is 15.9. The minimum absolute atomic E-state index is 0.133. The molecule has 0 fully saturated rings. The Kier molecular flexibility index (Phi) is 5.54. The van der Waals surface area contributed by atoms with Crippen LogP contribution in [0.4, 0.5) is 0 Å². The van der Waals surface area contributed by atoms with E-state index in [1.54, 1.807) is 42.5 Å². The lowest BCUT2D eigenvalue weighted by atomic mass is 10.0. The molecule has 0 aliphatic carbocycles. The lowest BCUT2D eigenvalue weighted by molar-refractivity contribution is -0.144. The van der Waals surface area contributed by atoms with Gasteiger partial charge < -0.3 is 10.1 Å². The minimum Gasteiger partial charge on any atom is -0.467 e. The quantitative estimate of drug-likeness (QED) is 0.687. The number of fused-ring (bicyclic) bond motifs is 1. The Bertz CT molecular complexity index is 1090. The summed E-state index contributed by atoms with van der Waals surface area (Å²) in [5, 5.41) is 3.18. The van der Waals surface area contributed by atoms with E-state index in [1.807, 2.05) is 19.9 Å². The molecule has 0 saturated heterocycles. The van der Waals surface area contributed by atoms with Crippen LogP contribution in [-0.2, 0) is 9.53 Å². The molecule has 1 heterocycles. The van der Waals surface area contributed by atoms with Gasteiger partial charge >= 0.3 is 5.97 Å². The summed E-state index contributed by atoms with van der Waals surface area (Å²) in [5.41, 5.74) is 1.22. The van der Waals surface area contributed by atoms with Gasteiger partial charge in [-0.2, -0.15) is 0 Å². The van der Waals surface area contributed by atoms with Gasteiger partial charge in [0, 0.05) is 5.56 Å². The number of esters is 1. The van der Waals surface area contributed by atoms with Gasteiger partial charge in [-0.05, 0) is 36.2 Å². The number of nitrogens with zero attached hydrogens (tertiary/aromatic N) is 2. The van der Waals surface area contributed by atoms with Crippen molar-refractivity contribution in [1.82, 2.24) is 14.9 Å². The first kappa shape index (κ1) is 19.3. The Balaban J connectivity index is 1.95. The van der Waals surface area contributed by atoms with Crippen molar-refractivity contribution >= 4 is 22.8 Å². The Morgan fingerprint density at radius 3 is 2.57 bits per heavy atom. The summed E-state index contributed by atoms with van der Waals surface area (Å²) >= 11 is 0. The molecule has 1 atom stereocenters. The molecule has 0 spiro atoms. The van der Waals surface area contributed by atoms with Crippen molar-refractivity contribution in [1.29, 1.82) is 0 Å². The van der Waals surface area contributed by atoms with E-state index in [0.29, 0.717) is 22.2 Å². The predicted octanol–water partition coefficient (Wildman–Crippen LogP) is 2.31. The van der Waals surface area contributed by atoms with Crippen LogP contribution in [-0.4, -0.2) is 34.6 Å². The van der Waals surface area contributed by atoms with Gasteiger partial charge in [-0.1, -0.05) is 32.0 Å². The molecule has 3 rings (SSSR count). The maximum atomic E-state index is 12.8. The summed E-state index contributed by atoms with van der Waals surface area (Å²) < 4.78 is 6.14. The van der Waals surface area contributed by atoms with Crippen LogP contribution in [0.2, 0.25) is 0 Å². The van der Waals surface area contributed by atoms with E-state index in [9.17, 15) is 14.4 Å². The largest absolute Gasteiger partial charge is 0.467 e. The van der Waals surface area contributed by atoms with E-state index in [0.717, 1.165) is 0 Å². The number of amides is 1. The average molecular weight is 379 g/mol. The van der Waals surface area contributed by atoms with E-state index in [-0.39, 0.29) is 11.5 Å². The second-order valence-electron chi connectivity index (χ2n) is 6.71. The molecule has 1 amide bonds. The van der Waals surface area contributed by atoms with Crippen LogP contribution in [0.1, 0.15) is 24.2 Å². The fourth-order valence-electron chi connectivity index (χ4n) is 2.90. The summed E-state index contributed by atoms with van der Waals surface area (Å²) in [6.45, 7) is 3.64. The van der Waals surface area contributed by atoms with Gasteiger partial charge in [-0.15, -0.1) is 0 Å². The molecule has 144 valence electrons. The van der Waals surface area contributed by atoms with Crippen molar-refractivity contribution in [3.8, 4) is 5.69 Å². The molecule has 0 bridgehead atoms. The third kappa shape index (κ3) is 3.78. The molecular weight excluding hydrogens is 358 g/mol. The topological polar surface area (TPSA) is 90.3 Å². The molecule has 7 nitrogen and oxygen atoms in total. The smallest absolute Gasteiger partial charge is 0.328 e. The highest BCUT2D eigenvalue weighted by molar-refractivity contribution is 5.97. The molecule has 1 N–H and O–H groups in total. The van der Waals surface area contributed by atoms with Crippen LogP contribution >= 0.6 is 0 Å². The highest BCUT2D eigenvalue weighted by atomic mass is 16.5. The molecule has 0 saturated carbocycles. The van der Waals surface area contributed by atoms with Gasteiger partial charge in [0.1, 0.15) is 12.4 Å². The van der Waals surface area contributed by atoms with Crippen LogP contribution in [0.5, 0.6) is 0 Å². The first-order valence-electron chi connectivity index (χ1n) is 8.88. The second-order valence-corrected chi connectivity index (χ2v) is 6.71. The predicted molar refractivity (Wildman–Crippen MR) is 105 cm³/mol. The van der Waals surface area contributed by atoms with E-state index in [4.69, 9.17) is 4.74 Å². The third-order valence-electron chi connectivity index (χ3n) is 4.46. The third-order valence-corrected chi connectivity index (χ3v) is 4.46. The number of rotatable bonds is 5. The van der Waals surface area contributed by atoms with E-state index >= 15 is 0 Å². The van der Waals surface area contributed by atoms with Crippen LogP contribution < -0.4 is 10.9 Å². The van der Waals surface area contributed by atoms with Crippen molar-refractivity contribution < 1.29 is 14.3 Å². The van der Waals surface area contributed by atoms with Crippen LogP contribution in [0.3, 0.4) is 0 Å². The zero-order valence-corrected chi connectivity index (χ0v) is 15.9. The maximum absolute atomic E-state index is 12.8. The number of para-hydroxylation sites is 1. The summed E-state index contributed by atoms with van der Waals surface area (Å²) in [6.07, 6.45) is 1.44. The van der Waals surface area contributed by atoms with Gasteiger partial charge in [0.15, 0.2) is 0 Å². The number of ether oxygens (including phenoxy) is 1. The van der Waals surface area contributed by atoms with Crippen molar-refractivity contribution in [3.05, 3.63) is 70.8 Å². The van der Waals surface area contributed by atoms with Crippen LogP contribution in [0.15, 0.2) is 59.7 Å². The standard InChI is InChI=1S/C21H21N3O4/c1-13(2)18(21(27)28-3)23-19(25)14-7-6-8-15(11-14)24-12-22-17-10-5-4-9-16(17)20(24)26/h4-13,18H,1-3H3,(H,23,25)/t18-/m1/s1. The van der Waals surface area contributed by atoms with Gasteiger partial charge in [-0.25, -0.2) is 9.78 Å². The number of methoxy groups -OCH3 is 1. The molecule has 1 aromatic heterocycles. The van der Waals surface area contributed by atoms with E-state index < -0.39 is 17.9 Å². The lowest BCUT2D eigenvalue weighted by Gasteiger charge is -2.20.